The molecule has 0 radical (unpaired) electrons. The van der Waals surface area contributed by atoms with Crippen LogP contribution in [0.5, 0.6) is 0 Å². The first-order valence-corrected chi connectivity index (χ1v) is 11.4. The largest absolute Gasteiger partial charge is 0.382 e. The summed E-state index contributed by atoms with van der Waals surface area (Å²) in [7, 11) is -3.34. The molecule has 3 N–H and O–H groups in total. The molecule has 1 unspecified atom stereocenters. The van der Waals surface area contributed by atoms with E-state index in [1.807, 2.05) is 6.07 Å². The molecule has 1 atom stereocenters. The summed E-state index contributed by atoms with van der Waals surface area (Å²) in [6.07, 6.45) is 4.04. The van der Waals surface area contributed by atoms with E-state index in [0.717, 1.165) is 0 Å². The number of rotatable bonds is 4. The molecular weight excluding hydrogens is 394 g/mol. The molecule has 0 bridgehead atoms. The van der Waals surface area contributed by atoms with Gasteiger partial charge in [-0.3, -0.25) is 5.10 Å². The number of fused-ring (bicyclic) bond motifs is 1. The van der Waals surface area contributed by atoms with Gasteiger partial charge in [-0.25, -0.2) is 13.4 Å². The molecule has 5 rings (SSSR count). The van der Waals surface area contributed by atoms with Crippen LogP contribution < -0.4 is 10.6 Å². The highest BCUT2D eigenvalue weighted by Gasteiger charge is 2.55. The van der Waals surface area contributed by atoms with Crippen molar-refractivity contribution < 1.29 is 13.2 Å². The van der Waals surface area contributed by atoms with E-state index >= 15 is 0 Å². The molecule has 0 aromatic carbocycles. The number of aromatic nitrogens is 5. The summed E-state index contributed by atoms with van der Waals surface area (Å²) in [4.78, 5) is 7.00. The zero-order valence-corrected chi connectivity index (χ0v) is 17.1. The predicted molar refractivity (Wildman–Crippen MR) is 109 cm³/mol. The molecule has 1 aliphatic carbocycles. The summed E-state index contributed by atoms with van der Waals surface area (Å²) in [5, 5.41) is 11.9. The van der Waals surface area contributed by atoms with E-state index in [4.69, 9.17) is 15.5 Å². The standard InChI is InChI=1S/C18H23N7O3S/c1-11-10-28-8-7-24(11)14-9-12(18(4-5-18)29(2,26)27)15-16(19)23-25(17(15)21-14)13-3-6-20-22-13/h3,6,9,11H,4-5,7-8,10H2,1-2H3,(H2,19,23)(H,20,22). The Kier molecular flexibility index (Phi) is 3.91. The average molecular weight is 417 g/mol. The molecule has 2 fully saturated rings. The Morgan fingerprint density at radius 2 is 2.17 bits per heavy atom. The molecule has 1 saturated heterocycles. The number of sulfone groups is 1. The Labute approximate surface area is 168 Å². The Morgan fingerprint density at radius 1 is 1.38 bits per heavy atom. The van der Waals surface area contributed by atoms with Gasteiger partial charge in [-0.05, 0) is 31.4 Å². The van der Waals surface area contributed by atoms with Crippen LogP contribution in [0.4, 0.5) is 11.6 Å². The fourth-order valence-electron chi connectivity index (χ4n) is 4.19. The summed E-state index contributed by atoms with van der Waals surface area (Å²) in [6.45, 7) is 3.93. The fraction of sp³-hybridized carbons (Fsp3) is 0.500. The third-order valence-electron chi connectivity index (χ3n) is 5.93. The van der Waals surface area contributed by atoms with E-state index in [1.54, 1.807) is 16.9 Å². The van der Waals surface area contributed by atoms with Crippen molar-refractivity contribution in [3.05, 3.63) is 23.9 Å². The van der Waals surface area contributed by atoms with Crippen LogP contribution in [0.2, 0.25) is 0 Å². The van der Waals surface area contributed by atoms with E-state index in [0.29, 0.717) is 60.8 Å². The quantitative estimate of drug-likeness (QED) is 0.642. The number of ether oxygens (including phenoxy) is 1. The van der Waals surface area contributed by atoms with Gasteiger partial charge in [0, 0.05) is 18.9 Å². The first-order valence-electron chi connectivity index (χ1n) is 9.55. The minimum atomic E-state index is -3.34. The number of hydrogen-bond donors (Lipinski definition) is 2. The van der Waals surface area contributed by atoms with Gasteiger partial charge in [-0.2, -0.15) is 9.78 Å². The van der Waals surface area contributed by atoms with E-state index in [-0.39, 0.29) is 11.9 Å². The van der Waals surface area contributed by atoms with Gasteiger partial charge in [0.15, 0.2) is 27.1 Å². The fourth-order valence-corrected chi connectivity index (χ4v) is 5.60. The molecule has 1 aliphatic heterocycles. The lowest BCUT2D eigenvalue weighted by molar-refractivity contribution is 0.0985. The maximum atomic E-state index is 12.7. The van der Waals surface area contributed by atoms with E-state index in [2.05, 4.69) is 27.1 Å². The van der Waals surface area contributed by atoms with Crippen LogP contribution in [0.15, 0.2) is 18.3 Å². The molecule has 4 heterocycles. The zero-order chi connectivity index (χ0) is 20.4. The minimum absolute atomic E-state index is 0.121. The Balaban J connectivity index is 1.81. The lowest BCUT2D eigenvalue weighted by Crippen LogP contribution is -2.44. The van der Waals surface area contributed by atoms with Crippen LogP contribution in [-0.2, 0) is 19.3 Å². The second-order valence-electron chi connectivity index (χ2n) is 7.85. The third-order valence-corrected chi connectivity index (χ3v) is 7.98. The van der Waals surface area contributed by atoms with Crippen LogP contribution in [0.3, 0.4) is 0 Å². The molecule has 154 valence electrons. The molecule has 3 aromatic rings. The molecule has 1 saturated carbocycles. The number of nitrogens with one attached hydrogen (secondary N) is 1. The van der Waals surface area contributed by atoms with Crippen LogP contribution in [-0.4, -0.2) is 65.4 Å². The molecule has 0 amide bonds. The lowest BCUT2D eigenvalue weighted by Gasteiger charge is -2.34. The normalized spacial score (nSPS) is 21.6. The molecule has 10 nitrogen and oxygen atoms in total. The highest BCUT2D eigenvalue weighted by molar-refractivity contribution is 7.92. The van der Waals surface area contributed by atoms with Gasteiger partial charge < -0.3 is 15.4 Å². The van der Waals surface area contributed by atoms with Crippen LogP contribution in [0.1, 0.15) is 25.3 Å². The van der Waals surface area contributed by atoms with Gasteiger partial charge in [0.2, 0.25) is 0 Å². The number of nitrogen functional groups attached to an aromatic ring is 1. The summed E-state index contributed by atoms with van der Waals surface area (Å²) in [5.74, 6) is 1.58. The van der Waals surface area contributed by atoms with Gasteiger partial charge in [0.25, 0.3) is 0 Å². The number of aromatic amines is 1. The second-order valence-corrected chi connectivity index (χ2v) is 10.2. The van der Waals surface area contributed by atoms with Gasteiger partial charge in [0.1, 0.15) is 5.82 Å². The lowest BCUT2D eigenvalue weighted by atomic mass is 10.1. The maximum Gasteiger partial charge on any atom is 0.169 e. The molecule has 11 heteroatoms. The number of hydrogen-bond acceptors (Lipinski definition) is 8. The zero-order valence-electron chi connectivity index (χ0n) is 16.3. The number of H-pyrrole nitrogens is 1. The summed E-state index contributed by atoms with van der Waals surface area (Å²) in [6, 6.07) is 3.77. The van der Waals surface area contributed by atoms with Crippen molar-refractivity contribution in [2.45, 2.75) is 30.6 Å². The van der Waals surface area contributed by atoms with Crippen LogP contribution in [0.25, 0.3) is 16.9 Å². The Morgan fingerprint density at radius 3 is 2.79 bits per heavy atom. The van der Waals surface area contributed by atoms with E-state index in [1.165, 1.54) is 6.26 Å². The van der Waals surface area contributed by atoms with Gasteiger partial charge in [-0.1, -0.05) is 0 Å². The topological polar surface area (TPSA) is 132 Å². The first-order chi connectivity index (χ1) is 13.8. The molecule has 3 aromatic heterocycles. The Bertz CT molecular complexity index is 1180. The van der Waals surface area contributed by atoms with Crippen molar-refractivity contribution in [3.63, 3.8) is 0 Å². The molecule has 2 aliphatic rings. The summed E-state index contributed by atoms with van der Waals surface area (Å²) >= 11 is 0. The number of nitrogens with zero attached hydrogens (tertiary/aromatic N) is 5. The van der Waals surface area contributed by atoms with Crippen LogP contribution in [0, 0.1) is 0 Å². The maximum absolute atomic E-state index is 12.7. The van der Waals surface area contributed by atoms with E-state index in [9.17, 15) is 8.42 Å². The summed E-state index contributed by atoms with van der Waals surface area (Å²) in [5.41, 5.74) is 7.48. The van der Waals surface area contributed by atoms with Crippen molar-refractivity contribution in [1.82, 2.24) is 25.0 Å². The van der Waals surface area contributed by atoms with Crippen molar-refractivity contribution in [2.24, 2.45) is 0 Å². The molecule has 29 heavy (non-hydrogen) atoms. The van der Waals surface area contributed by atoms with E-state index < -0.39 is 14.6 Å². The monoisotopic (exact) mass is 417 g/mol. The number of anilines is 2. The van der Waals surface area contributed by atoms with Crippen molar-refractivity contribution in [3.8, 4) is 5.82 Å². The van der Waals surface area contributed by atoms with Crippen molar-refractivity contribution in [2.75, 3.05) is 36.6 Å². The van der Waals surface area contributed by atoms with Crippen molar-refractivity contribution >= 4 is 32.5 Å². The van der Waals surface area contributed by atoms with Crippen molar-refractivity contribution in [1.29, 1.82) is 0 Å². The highest BCUT2D eigenvalue weighted by Crippen LogP contribution is 2.55. The first kappa shape index (κ1) is 18.4. The van der Waals surface area contributed by atoms with Gasteiger partial charge in [0.05, 0.1) is 35.6 Å². The Hall–Kier alpha value is -2.66. The highest BCUT2D eigenvalue weighted by atomic mass is 32.2. The number of nitrogens with two attached hydrogens (primary N) is 1. The molecule has 0 spiro atoms. The molecular formula is C18H23N7O3S. The van der Waals surface area contributed by atoms with Gasteiger partial charge >= 0.3 is 0 Å². The number of pyridine rings is 1. The average Bonchev–Trinajstić information content (AvgIpc) is 3.21. The minimum Gasteiger partial charge on any atom is -0.382 e. The predicted octanol–water partition coefficient (Wildman–Crippen LogP) is 0.985. The third kappa shape index (κ3) is 2.71. The smallest absolute Gasteiger partial charge is 0.169 e. The van der Waals surface area contributed by atoms with Crippen LogP contribution >= 0.6 is 0 Å². The SMILES string of the molecule is CC1COCCN1c1cc(C2(S(C)(=O)=O)CC2)c2c(N)nn(-c3ccn[nH]3)c2n1. The van der Waals surface area contributed by atoms with Gasteiger partial charge in [-0.15, -0.1) is 5.10 Å². The number of morpholine rings is 1. The summed E-state index contributed by atoms with van der Waals surface area (Å²) < 4.78 is 31.7. The second kappa shape index (κ2) is 6.17.